The van der Waals surface area contributed by atoms with Crippen molar-refractivity contribution in [3.63, 3.8) is 0 Å². The van der Waals surface area contributed by atoms with Gasteiger partial charge in [-0.2, -0.15) is 0 Å². The minimum absolute atomic E-state index is 0.250. The predicted octanol–water partition coefficient (Wildman–Crippen LogP) is 5.73. The summed E-state index contributed by atoms with van der Waals surface area (Å²) in [6.45, 7) is 1.95. The summed E-state index contributed by atoms with van der Waals surface area (Å²) >= 11 is 0. The van der Waals surface area contributed by atoms with Crippen LogP contribution in [0.1, 0.15) is 122 Å². The molecule has 3 N–H and O–H groups in total. The molecule has 37 heavy (non-hydrogen) atoms. The molecule has 0 fully saturated rings. The van der Waals surface area contributed by atoms with Crippen molar-refractivity contribution >= 4 is 17.9 Å². The van der Waals surface area contributed by atoms with Crippen molar-refractivity contribution in [2.45, 2.75) is 135 Å². The van der Waals surface area contributed by atoms with Crippen molar-refractivity contribution in [1.82, 2.24) is 0 Å². The normalized spacial score (nSPS) is 16.1. The maximum atomic E-state index is 12.0. The number of hydrogen-bond acceptors (Lipinski definition) is 8. The molecule has 9 nitrogen and oxygen atoms in total. The van der Waals surface area contributed by atoms with Gasteiger partial charge in [-0.25, -0.2) is 4.79 Å². The van der Waals surface area contributed by atoms with Gasteiger partial charge in [0.15, 0.2) is 11.9 Å². The SMILES string of the molecule is CCCCCCCCCCCCCCCCCCOC1=C(O)[C@@H]([C@@H](O)COC(=O)CCC(=O)O)OC1=O. The molecule has 0 bridgehead atoms. The Morgan fingerprint density at radius 1 is 0.838 bits per heavy atom. The molecule has 1 heterocycles. The molecule has 1 aliphatic rings. The molecule has 0 spiro atoms. The average molecular weight is 529 g/mol. The molecule has 9 heteroatoms. The number of hydrogen-bond donors (Lipinski definition) is 3. The lowest BCUT2D eigenvalue weighted by atomic mass is 10.0. The third-order valence-corrected chi connectivity index (χ3v) is 6.47. The number of cyclic esters (lactones) is 1. The largest absolute Gasteiger partial charge is 0.505 e. The van der Waals surface area contributed by atoms with Crippen LogP contribution in [-0.2, 0) is 28.6 Å². The fraction of sp³-hybridized carbons (Fsp3) is 0.821. The molecule has 1 rings (SSSR count). The summed E-state index contributed by atoms with van der Waals surface area (Å²) in [6.07, 6.45) is 16.4. The van der Waals surface area contributed by atoms with Gasteiger partial charge < -0.3 is 29.5 Å². The molecule has 0 aromatic heterocycles. The molecule has 0 aromatic carbocycles. The van der Waals surface area contributed by atoms with E-state index in [2.05, 4.69) is 6.92 Å². The van der Waals surface area contributed by atoms with Crippen molar-refractivity contribution in [2.24, 2.45) is 0 Å². The lowest BCUT2D eigenvalue weighted by Gasteiger charge is -2.17. The summed E-state index contributed by atoms with van der Waals surface area (Å²) in [5.74, 6) is -3.70. The van der Waals surface area contributed by atoms with E-state index in [0.717, 1.165) is 19.3 Å². The Kier molecular flexibility index (Phi) is 18.3. The fourth-order valence-corrected chi connectivity index (χ4v) is 4.22. The van der Waals surface area contributed by atoms with E-state index in [1.54, 1.807) is 0 Å². The highest BCUT2D eigenvalue weighted by Gasteiger charge is 2.41. The van der Waals surface area contributed by atoms with Crippen LogP contribution in [0.25, 0.3) is 0 Å². The van der Waals surface area contributed by atoms with Gasteiger partial charge >= 0.3 is 17.9 Å². The van der Waals surface area contributed by atoms with E-state index in [0.29, 0.717) is 0 Å². The molecule has 0 aliphatic carbocycles. The first-order valence-electron chi connectivity index (χ1n) is 14.2. The number of aliphatic carboxylic acids is 1. The maximum Gasteiger partial charge on any atom is 0.378 e. The van der Waals surface area contributed by atoms with Crippen LogP contribution in [0, 0.1) is 0 Å². The number of carbonyl (C=O) groups is 3. The van der Waals surface area contributed by atoms with E-state index in [4.69, 9.17) is 19.3 Å². The van der Waals surface area contributed by atoms with Crippen LogP contribution in [0.3, 0.4) is 0 Å². The molecule has 1 aliphatic heterocycles. The molecule has 0 aromatic rings. The van der Waals surface area contributed by atoms with Crippen molar-refractivity contribution in [3.8, 4) is 0 Å². The van der Waals surface area contributed by atoms with Crippen LogP contribution < -0.4 is 0 Å². The zero-order valence-corrected chi connectivity index (χ0v) is 22.6. The van der Waals surface area contributed by atoms with Gasteiger partial charge in [0.2, 0.25) is 5.76 Å². The minimum atomic E-state index is -1.49. The van der Waals surface area contributed by atoms with Crippen LogP contribution in [0.5, 0.6) is 0 Å². The first-order valence-corrected chi connectivity index (χ1v) is 14.2. The highest BCUT2D eigenvalue weighted by atomic mass is 16.6. The molecule has 0 unspecified atom stereocenters. The van der Waals surface area contributed by atoms with E-state index >= 15 is 0 Å². The van der Waals surface area contributed by atoms with Crippen LogP contribution in [0.2, 0.25) is 0 Å². The number of carboxylic acid groups (broad SMARTS) is 1. The van der Waals surface area contributed by atoms with E-state index in [1.807, 2.05) is 0 Å². The smallest absolute Gasteiger partial charge is 0.378 e. The summed E-state index contributed by atoms with van der Waals surface area (Å²) in [4.78, 5) is 33.9. The van der Waals surface area contributed by atoms with Crippen molar-refractivity contribution in [2.75, 3.05) is 13.2 Å². The third-order valence-electron chi connectivity index (χ3n) is 6.47. The van der Waals surface area contributed by atoms with E-state index in [-0.39, 0.29) is 18.8 Å². The number of aliphatic hydroxyl groups excluding tert-OH is 2. The standard InChI is InChI=1S/C28H48O9/c1-2-3-4-5-6-7-8-9-10-11-12-13-14-15-16-17-20-35-27-25(33)26(37-28(27)34)22(29)21-36-24(32)19-18-23(30)31/h22,26,29,33H,2-21H2,1H3,(H,30,31)/t22-,26+/m0/s1. The van der Waals surface area contributed by atoms with Gasteiger partial charge in [0.1, 0.15) is 12.7 Å². The highest BCUT2D eigenvalue weighted by Crippen LogP contribution is 2.25. The number of carboxylic acids is 1. The lowest BCUT2D eigenvalue weighted by molar-refractivity contribution is -0.156. The highest BCUT2D eigenvalue weighted by molar-refractivity contribution is 5.89. The second kappa shape index (κ2) is 20.7. The molecule has 0 saturated carbocycles. The second-order valence-corrected chi connectivity index (χ2v) is 9.84. The molecule has 0 radical (unpaired) electrons. The first-order chi connectivity index (χ1) is 17.9. The zero-order chi connectivity index (χ0) is 27.3. The van der Waals surface area contributed by atoms with E-state index < -0.39 is 48.9 Å². The van der Waals surface area contributed by atoms with Gasteiger partial charge in [-0.1, -0.05) is 103 Å². The number of rotatable bonds is 24. The Balaban J connectivity index is 2.05. The van der Waals surface area contributed by atoms with Crippen molar-refractivity contribution in [3.05, 3.63) is 11.5 Å². The number of carbonyl (C=O) groups excluding carboxylic acids is 2. The zero-order valence-electron chi connectivity index (χ0n) is 22.6. The van der Waals surface area contributed by atoms with Crippen LogP contribution in [0.15, 0.2) is 11.5 Å². The summed E-state index contributed by atoms with van der Waals surface area (Å²) in [5, 5.41) is 28.8. The second-order valence-electron chi connectivity index (χ2n) is 9.84. The Morgan fingerprint density at radius 3 is 1.81 bits per heavy atom. The number of ether oxygens (including phenoxy) is 3. The summed E-state index contributed by atoms with van der Waals surface area (Å²) < 4.78 is 15.1. The average Bonchev–Trinajstić information content (AvgIpc) is 3.16. The number of aliphatic hydroxyl groups is 2. The van der Waals surface area contributed by atoms with Crippen LogP contribution in [-0.4, -0.2) is 58.6 Å². The van der Waals surface area contributed by atoms with Crippen molar-refractivity contribution < 1.29 is 43.9 Å². The quantitative estimate of drug-likeness (QED) is 0.106. The minimum Gasteiger partial charge on any atom is -0.505 e. The monoisotopic (exact) mass is 528 g/mol. The van der Waals surface area contributed by atoms with Crippen LogP contribution in [0.4, 0.5) is 0 Å². The van der Waals surface area contributed by atoms with Gasteiger partial charge in [0.25, 0.3) is 0 Å². The fourth-order valence-electron chi connectivity index (χ4n) is 4.22. The molecule has 0 saturated heterocycles. The molecule has 0 amide bonds. The Morgan fingerprint density at radius 2 is 1.32 bits per heavy atom. The summed E-state index contributed by atoms with van der Waals surface area (Å²) in [6, 6.07) is 0. The number of unbranched alkanes of at least 4 members (excludes halogenated alkanes) is 15. The molecule has 214 valence electrons. The van der Waals surface area contributed by atoms with E-state index in [1.165, 1.54) is 83.5 Å². The van der Waals surface area contributed by atoms with Gasteiger partial charge in [0, 0.05) is 0 Å². The Hall–Kier alpha value is -2.29. The Bertz CT molecular complexity index is 689. The van der Waals surface area contributed by atoms with Gasteiger partial charge in [0.05, 0.1) is 19.4 Å². The third kappa shape index (κ3) is 15.5. The maximum absolute atomic E-state index is 12.0. The predicted molar refractivity (Wildman–Crippen MR) is 139 cm³/mol. The van der Waals surface area contributed by atoms with E-state index in [9.17, 15) is 24.6 Å². The van der Waals surface area contributed by atoms with Gasteiger partial charge in [-0.15, -0.1) is 0 Å². The molecule has 2 atom stereocenters. The molecular weight excluding hydrogens is 480 g/mol. The van der Waals surface area contributed by atoms with Gasteiger partial charge in [-0.05, 0) is 6.42 Å². The Labute approximate surface area is 221 Å². The number of esters is 2. The van der Waals surface area contributed by atoms with Crippen molar-refractivity contribution in [1.29, 1.82) is 0 Å². The van der Waals surface area contributed by atoms with Gasteiger partial charge in [-0.3, -0.25) is 9.59 Å². The summed E-state index contributed by atoms with van der Waals surface area (Å²) in [5.41, 5.74) is 0. The lowest BCUT2D eigenvalue weighted by Crippen LogP contribution is -2.33. The van der Waals surface area contributed by atoms with Crippen LogP contribution >= 0.6 is 0 Å². The molecular formula is C28H48O9. The topological polar surface area (TPSA) is 140 Å². The summed E-state index contributed by atoms with van der Waals surface area (Å²) in [7, 11) is 0. The first kappa shape index (κ1) is 32.7.